The smallest absolute Gasteiger partial charge is 0.335 e. The largest absolute Gasteiger partial charge is 0.479 e. The summed E-state index contributed by atoms with van der Waals surface area (Å²) in [6.07, 6.45) is -9.63. The number of hydrogen-bond donors (Lipinski definition) is 5. The molecule has 2 saturated heterocycles. The van der Waals surface area contributed by atoms with Gasteiger partial charge < -0.3 is 58.8 Å². The number of methoxy groups -OCH3 is 2. The van der Waals surface area contributed by atoms with Crippen molar-refractivity contribution in [2.75, 3.05) is 27.3 Å². The highest BCUT2D eigenvalue weighted by molar-refractivity contribution is 5.73. The van der Waals surface area contributed by atoms with Crippen LogP contribution in [0, 0.1) is 0 Å². The van der Waals surface area contributed by atoms with Crippen LogP contribution in [-0.2, 0) is 39.8 Å². The molecule has 15 nitrogen and oxygen atoms in total. The van der Waals surface area contributed by atoms with Gasteiger partial charge in [-0.15, -0.1) is 0 Å². The van der Waals surface area contributed by atoms with E-state index in [1.54, 1.807) is 18.3 Å². The number of aliphatic imine (C=N–C) groups is 1. The summed E-state index contributed by atoms with van der Waals surface area (Å²) in [5, 5.41) is 44.4. The minimum Gasteiger partial charge on any atom is -0.479 e. The topological polar surface area (TPSA) is 208 Å². The predicted octanol–water partition coefficient (Wildman–Crippen LogP) is -3.26. The normalized spacial score (nSPS) is 35.8. The maximum atomic E-state index is 11.8. The number of pyridine rings is 1. The standard InChI is InChI=1S/C23H33N3O12/c1-34-19-16(30)17(31)23(38-20(19)21(32)33)37-18-14(25-7-10-27)22(35-2)36-12(15(18)29)11-24-6-9-26-8-4-3-5-13(26)28/h3-5,8,10-12,14-20,22-23,25,29-31H,6-7,9H2,1-2H3,(H,32,33)/b24-11-. The van der Waals surface area contributed by atoms with Gasteiger partial charge in [-0.25, -0.2) is 4.79 Å². The fourth-order valence-electron chi connectivity index (χ4n) is 4.32. The Morgan fingerprint density at radius 3 is 2.50 bits per heavy atom. The van der Waals surface area contributed by atoms with Gasteiger partial charge in [0.25, 0.3) is 5.56 Å². The van der Waals surface area contributed by atoms with E-state index in [4.69, 9.17) is 23.7 Å². The Morgan fingerprint density at radius 2 is 1.87 bits per heavy atom. The highest BCUT2D eigenvalue weighted by Crippen LogP contribution is 2.30. The van der Waals surface area contributed by atoms with Gasteiger partial charge in [-0.2, -0.15) is 0 Å². The molecule has 10 atom stereocenters. The molecule has 15 heteroatoms. The van der Waals surface area contributed by atoms with Crippen molar-refractivity contribution in [3.8, 4) is 0 Å². The second-order valence-electron chi connectivity index (χ2n) is 8.63. The fraction of sp³-hybridized carbons (Fsp3) is 0.652. The average Bonchev–Trinajstić information content (AvgIpc) is 2.90. The van der Waals surface area contributed by atoms with Crippen LogP contribution in [0.15, 0.2) is 34.2 Å². The summed E-state index contributed by atoms with van der Waals surface area (Å²) in [5.41, 5.74) is -0.197. The lowest BCUT2D eigenvalue weighted by atomic mass is 9.95. The molecule has 0 amide bonds. The van der Waals surface area contributed by atoms with Crippen LogP contribution in [0.2, 0.25) is 0 Å². The number of aliphatic carboxylic acids is 1. The third-order valence-corrected chi connectivity index (χ3v) is 6.25. The van der Waals surface area contributed by atoms with E-state index in [-0.39, 0.29) is 25.2 Å². The second kappa shape index (κ2) is 14.0. The molecule has 1 aromatic heterocycles. The zero-order chi connectivity index (χ0) is 27.8. The first kappa shape index (κ1) is 29.9. The first-order valence-electron chi connectivity index (χ1n) is 11.8. The summed E-state index contributed by atoms with van der Waals surface area (Å²) in [6.45, 7) is 0.278. The molecule has 0 aliphatic carbocycles. The van der Waals surface area contributed by atoms with Gasteiger partial charge in [-0.05, 0) is 6.07 Å². The third-order valence-electron chi connectivity index (χ3n) is 6.25. The van der Waals surface area contributed by atoms with Gasteiger partial charge >= 0.3 is 5.97 Å². The number of carbonyl (C=O) groups is 2. The SMILES string of the molecule is COC1OC(/C=N\CCn2ccccc2=O)C(O)C(OC2OC(C(=O)O)C(OC)C(O)C2O)C1NCC=O. The van der Waals surface area contributed by atoms with E-state index in [2.05, 4.69) is 10.3 Å². The van der Waals surface area contributed by atoms with Gasteiger partial charge in [0, 0.05) is 39.2 Å². The number of ether oxygens (including phenoxy) is 5. The predicted molar refractivity (Wildman–Crippen MR) is 128 cm³/mol. The van der Waals surface area contributed by atoms with Crippen molar-refractivity contribution >= 4 is 18.5 Å². The van der Waals surface area contributed by atoms with Gasteiger partial charge in [-0.3, -0.25) is 9.79 Å². The molecule has 5 N–H and O–H groups in total. The number of aromatic nitrogens is 1. The van der Waals surface area contributed by atoms with Crippen molar-refractivity contribution in [3.63, 3.8) is 0 Å². The minimum atomic E-state index is -1.74. The Kier molecular flexibility index (Phi) is 11.0. The first-order chi connectivity index (χ1) is 18.2. The van der Waals surface area contributed by atoms with Crippen molar-refractivity contribution in [2.45, 2.75) is 67.9 Å². The summed E-state index contributed by atoms with van der Waals surface area (Å²) >= 11 is 0. The molecule has 2 aliphatic rings. The lowest BCUT2D eigenvalue weighted by molar-refractivity contribution is -0.334. The quantitative estimate of drug-likeness (QED) is 0.130. The van der Waals surface area contributed by atoms with Crippen LogP contribution in [0.3, 0.4) is 0 Å². The van der Waals surface area contributed by atoms with E-state index in [0.29, 0.717) is 6.29 Å². The molecule has 1 aromatic rings. The van der Waals surface area contributed by atoms with Crippen molar-refractivity contribution in [2.24, 2.45) is 4.99 Å². The van der Waals surface area contributed by atoms with Gasteiger partial charge in [0.05, 0.1) is 19.1 Å². The number of carboxylic acids is 1. The van der Waals surface area contributed by atoms with Crippen LogP contribution in [-0.4, -0.2) is 132 Å². The number of hydrogen-bond acceptors (Lipinski definition) is 13. The summed E-state index contributed by atoms with van der Waals surface area (Å²) < 4.78 is 28.8. The van der Waals surface area contributed by atoms with Crippen LogP contribution in [0.25, 0.3) is 0 Å². The molecule has 10 unspecified atom stereocenters. The van der Waals surface area contributed by atoms with Crippen LogP contribution in [0.4, 0.5) is 0 Å². The Balaban J connectivity index is 1.79. The number of nitrogens with one attached hydrogen (secondary N) is 1. The molecular weight excluding hydrogens is 510 g/mol. The van der Waals surface area contributed by atoms with E-state index >= 15 is 0 Å². The Labute approximate surface area is 217 Å². The molecule has 212 valence electrons. The van der Waals surface area contributed by atoms with E-state index < -0.39 is 67.3 Å². The molecule has 3 rings (SSSR count). The molecule has 2 aliphatic heterocycles. The summed E-state index contributed by atoms with van der Waals surface area (Å²) in [5.74, 6) is -1.46. The maximum absolute atomic E-state index is 11.8. The molecule has 2 fully saturated rings. The summed E-state index contributed by atoms with van der Waals surface area (Å²) in [7, 11) is 2.48. The molecule has 3 heterocycles. The van der Waals surface area contributed by atoms with Crippen molar-refractivity contribution in [3.05, 3.63) is 34.7 Å². The molecule has 0 spiro atoms. The highest BCUT2D eigenvalue weighted by atomic mass is 16.7. The Morgan fingerprint density at radius 1 is 1.11 bits per heavy atom. The Hall–Kier alpha value is -2.60. The lowest BCUT2D eigenvalue weighted by Gasteiger charge is -2.47. The lowest BCUT2D eigenvalue weighted by Crippen LogP contribution is -2.67. The van der Waals surface area contributed by atoms with Crippen molar-refractivity contribution in [1.82, 2.24) is 9.88 Å². The summed E-state index contributed by atoms with van der Waals surface area (Å²) in [6, 6.07) is 3.76. The van der Waals surface area contributed by atoms with Crippen LogP contribution >= 0.6 is 0 Å². The first-order valence-corrected chi connectivity index (χ1v) is 11.8. The number of aliphatic hydroxyl groups is 3. The van der Waals surface area contributed by atoms with Crippen LogP contribution < -0.4 is 10.9 Å². The zero-order valence-electron chi connectivity index (χ0n) is 20.8. The number of aliphatic hydroxyl groups excluding tert-OH is 3. The number of nitrogens with zero attached hydrogens (tertiary/aromatic N) is 2. The molecule has 0 aromatic carbocycles. The van der Waals surface area contributed by atoms with Gasteiger partial charge in [0.15, 0.2) is 18.7 Å². The number of carboxylic acid groups (broad SMARTS) is 1. The van der Waals surface area contributed by atoms with Crippen LogP contribution in [0.5, 0.6) is 0 Å². The van der Waals surface area contributed by atoms with E-state index in [9.17, 15) is 34.8 Å². The van der Waals surface area contributed by atoms with Gasteiger partial charge in [-0.1, -0.05) is 6.07 Å². The second-order valence-corrected chi connectivity index (χ2v) is 8.63. The average molecular weight is 544 g/mol. The minimum absolute atomic E-state index is 0.175. The number of carbonyl (C=O) groups excluding carboxylic acids is 1. The van der Waals surface area contributed by atoms with E-state index in [1.807, 2.05) is 0 Å². The molecule has 38 heavy (non-hydrogen) atoms. The third kappa shape index (κ3) is 6.88. The Bertz CT molecular complexity index is 1010. The van der Waals surface area contributed by atoms with Crippen molar-refractivity contribution in [1.29, 1.82) is 0 Å². The van der Waals surface area contributed by atoms with Crippen molar-refractivity contribution < 1.29 is 53.7 Å². The fourth-order valence-corrected chi connectivity index (χ4v) is 4.32. The summed E-state index contributed by atoms with van der Waals surface area (Å²) in [4.78, 5) is 38.8. The van der Waals surface area contributed by atoms with Gasteiger partial charge in [0.1, 0.15) is 42.9 Å². The van der Waals surface area contributed by atoms with E-state index in [1.165, 1.54) is 24.0 Å². The number of rotatable bonds is 12. The molecule has 0 radical (unpaired) electrons. The van der Waals surface area contributed by atoms with Gasteiger partial charge in [0.2, 0.25) is 0 Å². The zero-order valence-corrected chi connectivity index (χ0v) is 20.8. The monoisotopic (exact) mass is 543 g/mol. The molecular formula is C23H33N3O12. The van der Waals surface area contributed by atoms with E-state index in [0.717, 1.165) is 7.11 Å². The maximum Gasteiger partial charge on any atom is 0.335 e. The molecule has 0 saturated carbocycles. The number of aldehydes is 1. The molecule has 0 bridgehead atoms. The highest BCUT2D eigenvalue weighted by Gasteiger charge is 2.52. The van der Waals surface area contributed by atoms with Crippen LogP contribution in [0.1, 0.15) is 0 Å².